The first-order valence-corrected chi connectivity index (χ1v) is 7.95. The molecule has 2 atom stereocenters. The second-order valence-corrected chi connectivity index (χ2v) is 5.79. The predicted octanol–water partition coefficient (Wildman–Crippen LogP) is -0.903. The number of ether oxygens (including phenoxy) is 1. The number of ketones is 1. The summed E-state index contributed by atoms with van der Waals surface area (Å²) in [5, 5.41) is 12.2. The van der Waals surface area contributed by atoms with Crippen LogP contribution in [0.5, 0.6) is 5.75 Å². The predicted molar refractivity (Wildman–Crippen MR) is 89.6 cm³/mol. The maximum Gasteiger partial charge on any atom is 0.168 e. The molecule has 0 aliphatic carbocycles. The van der Waals surface area contributed by atoms with Crippen LogP contribution in [0.2, 0.25) is 0 Å². The number of hydrogen-bond acceptors (Lipinski definition) is 3. The number of rotatable bonds is 8. The minimum atomic E-state index is -0.711. The summed E-state index contributed by atoms with van der Waals surface area (Å²) in [7, 11) is 1.57. The zero-order chi connectivity index (χ0) is 17.5. The van der Waals surface area contributed by atoms with Crippen molar-refractivity contribution in [2.45, 2.75) is 25.5 Å². The van der Waals surface area contributed by atoms with Gasteiger partial charge in [-0.25, -0.2) is 4.39 Å². The fraction of sp³-hybridized carbons (Fsp3) is 0.316. The average Bonchev–Trinajstić information content (AvgIpc) is 2.61. The zero-order valence-electron chi connectivity index (χ0n) is 14.3. The van der Waals surface area contributed by atoms with Crippen LogP contribution in [0.4, 0.5) is 4.39 Å². The summed E-state index contributed by atoms with van der Waals surface area (Å²) in [6.45, 7) is 2.44. The minimum Gasteiger partial charge on any atom is -1.00 e. The van der Waals surface area contributed by atoms with Crippen LogP contribution in [0.3, 0.4) is 0 Å². The van der Waals surface area contributed by atoms with Gasteiger partial charge in [0, 0.05) is 5.56 Å². The second kappa shape index (κ2) is 10.1. The molecular weight excluding hydrogens is 345 g/mol. The van der Waals surface area contributed by atoms with Gasteiger partial charge in [-0.1, -0.05) is 24.3 Å². The first-order chi connectivity index (χ1) is 11.5. The summed E-state index contributed by atoms with van der Waals surface area (Å²) in [5.41, 5.74) is 1.29. The standard InChI is InChI=1S/C19H22FNO3.ClH/c1-13(19(23)14-6-8-16(20)9-7-14)21-11-10-18(22)15-4-3-5-17(12-15)24-2;/h3-9,12-13,19,21,23H,10-11H2,1-2H3;1H. The lowest BCUT2D eigenvalue weighted by atomic mass is 10.0. The molecule has 0 saturated carbocycles. The summed E-state index contributed by atoms with van der Waals surface area (Å²) >= 11 is 0. The van der Waals surface area contributed by atoms with Gasteiger partial charge in [0.25, 0.3) is 0 Å². The Balaban J connectivity index is 0.00000312. The number of carbonyl (C=O) groups excluding carboxylic acids is 1. The van der Waals surface area contributed by atoms with E-state index < -0.39 is 6.10 Å². The molecule has 3 N–H and O–H groups in total. The van der Waals surface area contributed by atoms with E-state index in [1.807, 2.05) is 12.2 Å². The molecule has 2 aromatic carbocycles. The van der Waals surface area contributed by atoms with Crippen molar-refractivity contribution < 1.29 is 36.8 Å². The van der Waals surface area contributed by atoms with Crippen LogP contribution >= 0.6 is 0 Å². The lowest BCUT2D eigenvalue weighted by molar-refractivity contribution is -0.693. The molecule has 0 amide bonds. The molecule has 0 fully saturated rings. The van der Waals surface area contributed by atoms with E-state index in [4.69, 9.17) is 4.74 Å². The molecular formula is C19H23ClFNO3. The lowest BCUT2D eigenvalue weighted by Gasteiger charge is -2.17. The van der Waals surface area contributed by atoms with Crippen molar-refractivity contribution in [1.29, 1.82) is 0 Å². The van der Waals surface area contributed by atoms with Crippen molar-refractivity contribution in [3.8, 4) is 5.75 Å². The second-order valence-electron chi connectivity index (χ2n) is 5.79. The van der Waals surface area contributed by atoms with Crippen molar-refractivity contribution in [1.82, 2.24) is 0 Å². The number of aliphatic hydroxyl groups excluding tert-OH is 1. The number of benzene rings is 2. The largest absolute Gasteiger partial charge is 1.00 e. The van der Waals surface area contributed by atoms with Crippen molar-refractivity contribution in [3.63, 3.8) is 0 Å². The van der Waals surface area contributed by atoms with Crippen molar-refractivity contribution in [3.05, 3.63) is 65.5 Å². The summed E-state index contributed by atoms with van der Waals surface area (Å²) in [4.78, 5) is 12.2. The number of quaternary nitrogens is 1. The van der Waals surface area contributed by atoms with Gasteiger partial charge < -0.3 is 27.6 Å². The van der Waals surface area contributed by atoms with Crippen LogP contribution in [-0.2, 0) is 0 Å². The van der Waals surface area contributed by atoms with Gasteiger partial charge in [-0.15, -0.1) is 0 Å². The summed E-state index contributed by atoms with van der Waals surface area (Å²) < 4.78 is 18.0. The van der Waals surface area contributed by atoms with E-state index in [1.165, 1.54) is 12.1 Å². The van der Waals surface area contributed by atoms with E-state index in [0.717, 1.165) is 0 Å². The highest BCUT2D eigenvalue weighted by molar-refractivity contribution is 5.96. The Hall–Kier alpha value is -1.95. The molecule has 6 heteroatoms. The first kappa shape index (κ1) is 21.1. The van der Waals surface area contributed by atoms with Crippen molar-refractivity contribution in [2.24, 2.45) is 0 Å². The van der Waals surface area contributed by atoms with Gasteiger partial charge in [0.15, 0.2) is 5.78 Å². The Morgan fingerprint density at radius 3 is 2.56 bits per heavy atom. The quantitative estimate of drug-likeness (QED) is 0.594. The van der Waals surface area contributed by atoms with Crippen LogP contribution in [0.1, 0.15) is 35.4 Å². The Morgan fingerprint density at radius 2 is 1.92 bits per heavy atom. The molecule has 4 nitrogen and oxygen atoms in total. The fourth-order valence-corrected chi connectivity index (χ4v) is 2.51. The summed E-state index contributed by atoms with van der Waals surface area (Å²) in [6, 6.07) is 12.8. The number of halogens is 2. The molecule has 2 unspecified atom stereocenters. The van der Waals surface area contributed by atoms with E-state index >= 15 is 0 Å². The molecule has 0 spiro atoms. The molecule has 25 heavy (non-hydrogen) atoms. The highest BCUT2D eigenvalue weighted by Crippen LogP contribution is 2.16. The first-order valence-electron chi connectivity index (χ1n) is 7.95. The van der Waals surface area contributed by atoms with Crippen LogP contribution in [0, 0.1) is 5.82 Å². The monoisotopic (exact) mass is 367 g/mol. The van der Waals surface area contributed by atoms with Gasteiger partial charge in [-0.2, -0.15) is 0 Å². The number of methoxy groups -OCH3 is 1. The topological polar surface area (TPSA) is 63.1 Å². The van der Waals surface area contributed by atoms with E-state index in [-0.39, 0.29) is 30.0 Å². The third kappa shape index (κ3) is 6.12. The van der Waals surface area contributed by atoms with E-state index in [1.54, 1.807) is 43.5 Å². The van der Waals surface area contributed by atoms with Crippen LogP contribution in [0.15, 0.2) is 48.5 Å². The summed E-state index contributed by atoms with van der Waals surface area (Å²) in [6.07, 6.45) is -0.342. The Kier molecular flexibility index (Phi) is 8.55. The zero-order valence-corrected chi connectivity index (χ0v) is 15.0. The molecule has 0 saturated heterocycles. The third-order valence-electron chi connectivity index (χ3n) is 4.01. The van der Waals surface area contributed by atoms with E-state index in [2.05, 4.69) is 0 Å². The molecule has 136 valence electrons. The maximum absolute atomic E-state index is 12.9. The van der Waals surface area contributed by atoms with Gasteiger partial charge in [0.1, 0.15) is 23.7 Å². The number of aliphatic hydroxyl groups is 1. The number of carbonyl (C=O) groups is 1. The van der Waals surface area contributed by atoms with Gasteiger partial charge >= 0.3 is 0 Å². The smallest absolute Gasteiger partial charge is 0.168 e. The highest BCUT2D eigenvalue weighted by Gasteiger charge is 2.19. The van der Waals surface area contributed by atoms with Crippen LogP contribution in [0.25, 0.3) is 0 Å². The number of nitrogens with two attached hydrogens (primary N) is 1. The SMILES string of the molecule is COc1cccc(C(=O)CC[NH2+]C(C)C(O)c2ccc(F)cc2)c1.[Cl-]. The van der Waals surface area contributed by atoms with Gasteiger partial charge in [0.2, 0.25) is 0 Å². The average molecular weight is 368 g/mol. The molecule has 0 heterocycles. The molecule has 0 aliphatic rings. The van der Waals surface area contributed by atoms with Crippen molar-refractivity contribution >= 4 is 5.78 Å². The van der Waals surface area contributed by atoms with E-state index in [9.17, 15) is 14.3 Å². The van der Waals surface area contributed by atoms with Crippen LogP contribution < -0.4 is 22.5 Å². The lowest BCUT2D eigenvalue weighted by Crippen LogP contribution is -3.00. The molecule has 0 aromatic heterocycles. The molecule has 0 bridgehead atoms. The molecule has 0 radical (unpaired) electrons. The van der Waals surface area contributed by atoms with Gasteiger partial charge in [0.05, 0.1) is 20.1 Å². The maximum atomic E-state index is 12.9. The minimum absolute atomic E-state index is 0. The third-order valence-corrected chi connectivity index (χ3v) is 4.01. The number of hydrogen-bond donors (Lipinski definition) is 2. The molecule has 2 rings (SSSR count). The van der Waals surface area contributed by atoms with Gasteiger partial charge in [-0.05, 0) is 36.8 Å². The Labute approximate surface area is 153 Å². The Morgan fingerprint density at radius 1 is 1.24 bits per heavy atom. The highest BCUT2D eigenvalue weighted by atomic mass is 35.5. The molecule has 2 aromatic rings. The number of Topliss-reactive ketones (excluding diaryl/α,β-unsaturated/α-hetero) is 1. The van der Waals surface area contributed by atoms with Crippen molar-refractivity contribution in [2.75, 3.05) is 13.7 Å². The van der Waals surface area contributed by atoms with Crippen LogP contribution in [-0.4, -0.2) is 30.6 Å². The molecule has 0 aliphatic heterocycles. The normalized spacial score (nSPS) is 12.8. The van der Waals surface area contributed by atoms with E-state index in [0.29, 0.717) is 29.8 Å². The fourth-order valence-electron chi connectivity index (χ4n) is 2.51. The van der Waals surface area contributed by atoms with Gasteiger partial charge in [-0.3, -0.25) is 4.79 Å². The Bertz CT molecular complexity index is 679. The summed E-state index contributed by atoms with van der Waals surface area (Å²) in [5.74, 6) is 0.366.